The molecule has 1 unspecified atom stereocenters. The summed E-state index contributed by atoms with van der Waals surface area (Å²) in [5.74, 6) is 2.11. The summed E-state index contributed by atoms with van der Waals surface area (Å²) in [7, 11) is 0. The lowest BCUT2D eigenvalue weighted by molar-refractivity contribution is 0.174. The van der Waals surface area contributed by atoms with Gasteiger partial charge in [0, 0.05) is 13.1 Å². The number of nitrogens with zero attached hydrogens (tertiary/aromatic N) is 1. The van der Waals surface area contributed by atoms with Gasteiger partial charge in [-0.1, -0.05) is 0 Å². The molecular formula is C13H22N2O. The van der Waals surface area contributed by atoms with Crippen molar-refractivity contribution in [2.24, 2.45) is 0 Å². The molecule has 1 saturated heterocycles. The fourth-order valence-electron chi connectivity index (χ4n) is 2.30. The van der Waals surface area contributed by atoms with Gasteiger partial charge in [-0.2, -0.15) is 0 Å². The summed E-state index contributed by atoms with van der Waals surface area (Å²) in [6.07, 6.45) is 2.45. The Hall–Kier alpha value is -0.800. The van der Waals surface area contributed by atoms with Crippen LogP contribution in [-0.2, 0) is 0 Å². The normalized spacial score (nSPS) is 21.4. The molecule has 2 rings (SSSR count). The van der Waals surface area contributed by atoms with Gasteiger partial charge in [0.05, 0.1) is 6.04 Å². The molecule has 1 aliphatic rings. The molecule has 90 valence electrons. The molecule has 1 aromatic heterocycles. The predicted octanol–water partition coefficient (Wildman–Crippen LogP) is 2.33. The van der Waals surface area contributed by atoms with E-state index in [0.29, 0.717) is 6.04 Å². The maximum absolute atomic E-state index is 5.71. The zero-order valence-electron chi connectivity index (χ0n) is 10.3. The van der Waals surface area contributed by atoms with Gasteiger partial charge in [0.2, 0.25) is 0 Å². The molecule has 0 bridgehead atoms. The smallest absolute Gasteiger partial charge is 0.121 e. The van der Waals surface area contributed by atoms with Gasteiger partial charge in [0.25, 0.3) is 0 Å². The van der Waals surface area contributed by atoms with E-state index in [1.807, 2.05) is 6.92 Å². The number of hydrogen-bond acceptors (Lipinski definition) is 3. The summed E-state index contributed by atoms with van der Waals surface area (Å²) >= 11 is 0. The molecule has 0 spiro atoms. The van der Waals surface area contributed by atoms with Crippen molar-refractivity contribution in [3.8, 4) is 0 Å². The number of hydrogen-bond donors (Lipinski definition) is 1. The molecule has 0 aliphatic carbocycles. The Morgan fingerprint density at radius 2 is 1.94 bits per heavy atom. The second-order valence-electron chi connectivity index (χ2n) is 4.62. The van der Waals surface area contributed by atoms with Crippen molar-refractivity contribution in [3.63, 3.8) is 0 Å². The van der Waals surface area contributed by atoms with Crippen molar-refractivity contribution in [2.75, 3.05) is 26.2 Å². The monoisotopic (exact) mass is 222 g/mol. The third-order valence-electron chi connectivity index (χ3n) is 3.32. The number of rotatable bonds is 2. The van der Waals surface area contributed by atoms with Gasteiger partial charge in [0.15, 0.2) is 0 Å². The van der Waals surface area contributed by atoms with Crippen LogP contribution in [-0.4, -0.2) is 31.1 Å². The van der Waals surface area contributed by atoms with E-state index in [1.165, 1.54) is 12.8 Å². The zero-order chi connectivity index (χ0) is 11.4. The van der Waals surface area contributed by atoms with E-state index in [-0.39, 0.29) is 0 Å². The van der Waals surface area contributed by atoms with Gasteiger partial charge in [-0.15, -0.1) is 0 Å². The quantitative estimate of drug-likeness (QED) is 0.832. The topological polar surface area (TPSA) is 28.4 Å². The Bertz CT molecular complexity index is 313. The summed E-state index contributed by atoms with van der Waals surface area (Å²) in [6.45, 7) is 8.85. The van der Waals surface area contributed by atoms with Crippen LogP contribution in [0.4, 0.5) is 0 Å². The van der Waals surface area contributed by atoms with Crippen LogP contribution in [0.2, 0.25) is 0 Å². The van der Waals surface area contributed by atoms with E-state index >= 15 is 0 Å². The number of aryl methyl sites for hydroxylation is 1. The third kappa shape index (κ3) is 2.86. The highest BCUT2D eigenvalue weighted by Crippen LogP contribution is 2.22. The number of furan rings is 1. The molecule has 0 saturated carbocycles. The standard InChI is InChI=1S/C13H22N2O/c1-11-5-6-13(16-11)12(2)15-9-3-7-14-8-4-10-15/h5-6,12,14H,3-4,7-10H2,1-2H3. The second kappa shape index (κ2) is 5.51. The first-order chi connectivity index (χ1) is 7.77. The molecule has 16 heavy (non-hydrogen) atoms. The minimum absolute atomic E-state index is 0.409. The van der Waals surface area contributed by atoms with E-state index in [0.717, 1.165) is 37.7 Å². The Balaban J connectivity index is 1.98. The molecule has 0 amide bonds. The fraction of sp³-hybridized carbons (Fsp3) is 0.692. The summed E-state index contributed by atoms with van der Waals surface area (Å²) in [5, 5.41) is 3.44. The van der Waals surface area contributed by atoms with E-state index in [1.54, 1.807) is 0 Å². The Kier molecular flexibility index (Phi) is 4.02. The minimum atomic E-state index is 0.409. The van der Waals surface area contributed by atoms with Crippen molar-refractivity contribution in [1.82, 2.24) is 10.2 Å². The van der Waals surface area contributed by atoms with Gasteiger partial charge in [-0.25, -0.2) is 0 Å². The zero-order valence-corrected chi connectivity index (χ0v) is 10.3. The van der Waals surface area contributed by atoms with Crippen molar-refractivity contribution >= 4 is 0 Å². The van der Waals surface area contributed by atoms with Gasteiger partial charge in [-0.05, 0) is 51.9 Å². The molecule has 2 heterocycles. The SMILES string of the molecule is Cc1ccc(C(C)N2CCCNCCC2)o1. The maximum Gasteiger partial charge on any atom is 0.121 e. The van der Waals surface area contributed by atoms with E-state index in [4.69, 9.17) is 4.42 Å². The van der Waals surface area contributed by atoms with Crippen LogP contribution in [0.3, 0.4) is 0 Å². The maximum atomic E-state index is 5.71. The van der Waals surface area contributed by atoms with Crippen LogP contribution in [0.5, 0.6) is 0 Å². The highest BCUT2D eigenvalue weighted by Gasteiger charge is 2.18. The van der Waals surface area contributed by atoms with Gasteiger partial charge in [0.1, 0.15) is 11.5 Å². The predicted molar refractivity (Wildman–Crippen MR) is 65.5 cm³/mol. The summed E-state index contributed by atoms with van der Waals surface area (Å²) < 4.78 is 5.71. The van der Waals surface area contributed by atoms with Crippen LogP contribution in [0.1, 0.15) is 37.3 Å². The first-order valence-corrected chi connectivity index (χ1v) is 6.28. The molecule has 0 radical (unpaired) electrons. The van der Waals surface area contributed by atoms with E-state index < -0.39 is 0 Å². The molecular weight excluding hydrogens is 200 g/mol. The molecule has 3 nitrogen and oxygen atoms in total. The third-order valence-corrected chi connectivity index (χ3v) is 3.32. The van der Waals surface area contributed by atoms with Crippen LogP contribution >= 0.6 is 0 Å². The molecule has 1 aromatic rings. The number of nitrogens with one attached hydrogen (secondary N) is 1. The van der Waals surface area contributed by atoms with Crippen molar-refractivity contribution in [1.29, 1.82) is 0 Å². The summed E-state index contributed by atoms with van der Waals surface area (Å²) in [4.78, 5) is 2.53. The molecule has 1 atom stereocenters. The largest absolute Gasteiger partial charge is 0.465 e. The Labute approximate surface area is 97.8 Å². The lowest BCUT2D eigenvalue weighted by Gasteiger charge is -2.29. The average molecular weight is 222 g/mol. The Morgan fingerprint density at radius 1 is 1.25 bits per heavy atom. The lowest BCUT2D eigenvalue weighted by atomic mass is 10.1. The van der Waals surface area contributed by atoms with Crippen LogP contribution in [0.15, 0.2) is 16.5 Å². The minimum Gasteiger partial charge on any atom is -0.465 e. The molecule has 1 aliphatic heterocycles. The van der Waals surface area contributed by atoms with Crippen molar-refractivity contribution in [2.45, 2.75) is 32.7 Å². The van der Waals surface area contributed by atoms with Crippen LogP contribution in [0, 0.1) is 6.92 Å². The molecule has 0 aromatic carbocycles. The van der Waals surface area contributed by atoms with Crippen molar-refractivity contribution in [3.05, 3.63) is 23.7 Å². The first kappa shape index (κ1) is 11.7. The van der Waals surface area contributed by atoms with Crippen LogP contribution in [0.25, 0.3) is 0 Å². The van der Waals surface area contributed by atoms with Gasteiger partial charge >= 0.3 is 0 Å². The second-order valence-corrected chi connectivity index (χ2v) is 4.62. The highest BCUT2D eigenvalue weighted by molar-refractivity contribution is 5.09. The summed E-state index contributed by atoms with van der Waals surface area (Å²) in [6, 6.07) is 4.57. The first-order valence-electron chi connectivity index (χ1n) is 6.28. The van der Waals surface area contributed by atoms with Gasteiger partial charge < -0.3 is 9.73 Å². The lowest BCUT2D eigenvalue weighted by Crippen LogP contribution is -2.35. The molecule has 3 heteroatoms. The summed E-state index contributed by atoms with van der Waals surface area (Å²) in [5.41, 5.74) is 0. The van der Waals surface area contributed by atoms with Crippen molar-refractivity contribution < 1.29 is 4.42 Å². The van der Waals surface area contributed by atoms with E-state index in [2.05, 4.69) is 29.3 Å². The average Bonchev–Trinajstić information content (AvgIpc) is 2.63. The van der Waals surface area contributed by atoms with Crippen LogP contribution < -0.4 is 5.32 Å². The fourth-order valence-corrected chi connectivity index (χ4v) is 2.30. The Morgan fingerprint density at radius 3 is 2.50 bits per heavy atom. The van der Waals surface area contributed by atoms with E-state index in [9.17, 15) is 0 Å². The molecule has 1 fully saturated rings. The highest BCUT2D eigenvalue weighted by atomic mass is 16.3. The van der Waals surface area contributed by atoms with Gasteiger partial charge in [-0.3, -0.25) is 4.90 Å². The molecule has 1 N–H and O–H groups in total.